The number of aliphatic carboxylic acids is 1. The Labute approximate surface area is 96.6 Å². The van der Waals surface area contributed by atoms with E-state index in [1.165, 1.54) is 4.90 Å². The molecule has 0 bridgehead atoms. The molecule has 0 aromatic rings. The van der Waals surface area contributed by atoms with Crippen LogP contribution in [0, 0.1) is 0 Å². The second kappa shape index (κ2) is 6.48. The van der Waals surface area contributed by atoms with Gasteiger partial charge in [-0.1, -0.05) is 0 Å². The summed E-state index contributed by atoms with van der Waals surface area (Å²) in [5, 5.41) is 9.05. The van der Waals surface area contributed by atoms with Crippen LogP contribution in [0.4, 0.5) is 0 Å². The van der Waals surface area contributed by atoms with Gasteiger partial charge in [-0.2, -0.15) is 0 Å². The molecule has 0 saturated carbocycles. The van der Waals surface area contributed by atoms with E-state index in [9.17, 15) is 9.59 Å². The lowest BCUT2D eigenvalue weighted by atomic mass is 10.0. The minimum absolute atomic E-state index is 0.122. The van der Waals surface area contributed by atoms with E-state index in [1.807, 2.05) is 0 Å². The van der Waals surface area contributed by atoms with Gasteiger partial charge in [-0.25, -0.2) is 4.79 Å². The summed E-state index contributed by atoms with van der Waals surface area (Å²) in [6, 6.07) is 0. The molecule has 0 rings (SSSR count). The Balaban J connectivity index is 4.48. The zero-order chi connectivity index (χ0) is 12.8. The number of hydrogen-bond donors (Lipinski definition) is 2. The Morgan fingerprint density at radius 3 is 2.25 bits per heavy atom. The highest BCUT2D eigenvalue weighted by atomic mass is 16.4. The highest BCUT2D eigenvalue weighted by molar-refractivity contribution is 5.86. The van der Waals surface area contributed by atoms with Gasteiger partial charge in [-0.15, -0.1) is 0 Å². The molecule has 5 nitrogen and oxygen atoms in total. The average molecular weight is 230 g/mol. The minimum Gasteiger partial charge on any atom is -0.480 e. The predicted molar refractivity (Wildman–Crippen MR) is 62.0 cm³/mol. The van der Waals surface area contributed by atoms with Gasteiger partial charge in [-0.3, -0.25) is 4.79 Å². The van der Waals surface area contributed by atoms with Gasteiger partial charge in [-0.05, 0) is 40.2 Å². The van der Waals surface area contributed by atoms with E-state index >= 15 is 0 Å². The number of carbonyl (C=O) groups is 2. The van der Waals surface area contributed by atoms with Crippen molar-refractivity contribution in [2.75, 3.05) is 13.1 Å². The van der Waals surface area contributed by atoms with E-state index in [2.05, 4.69) is 0 Å². The summed E-state index contributed by atoms with van der Waals surface area (Å²) in [7, 11) is 0. The van der Waals surface area contributed by atoms with Gasteiger partial charge in [0, 0.05) is 13.0 Å². The van der Waals surface area contributed by atoms with E-state index in [0.29, 0.717) is 25.9 Å². The van der Waals surface area contributed by atoms with Crippen molar-refractivity contribution in [2.45, 2.75) is 45.6 Å². The lowest BCUT2D eigenvalue weighted by molar-refractivity contribution is -0.156. The first-order valence-electron chi connectivity index (χ1n) is 5.61. The Bertz CT molecular complexity index is 252. The average Bonchev–Trinajstić information content (AvgIpc) is 2.18. The molecular formula is C11H22N2O3. The number of amides is 1. The standard InChI is InChI=1S/C11H22N2O3/c1-4-13(11(2,3)10(15)16)9(14)7-5-6-8-12/h4-8,12H2,1-3H3,(H,15,16). The van der Waals surface area contributed by atoms with Gasteiger partial charge >= 0.3 is 5.97 Å². The SMILES string of the molecule is CCN(C(=O)CCCCN)C(C)(C)C(=O)O. The summed E-state index contributed by atoms with van der Waals surface area (Å²) in [5.74, 6) is -1.11. The molecule has 0 atom stereocenters. The van der Waals surface area contributed by atoms with Crippen LogP contribution in [0.5, 0.6) is 0 Å². The summed E-state index contributed by atoms with van der Waals surface area (Å²) < 4.78 is 0. The van der Waals surface area contributed by atoms with Crippen molar-refractivity contribution < 1.29 is 14.7 Å². The summed E-state index contributed by atoms with van der Waals surface area (Å²) >= 11 is 0. The van der Waals surface area contributed by atoms with Crippen LogP contribution in [0.2, 0.25) is 0 Å². The lowest BCUT2D eigenvalue weighted by Gasteiger charge is -2.34. The Morgan fingerprint density at radius 1 is 1.31 bits per heavy atom. The summed E-state index contributed by atoms with van der Waals surface area (Å²) in [5.41, 5.74) is 4.19. The number of carboxylic acid groups (broad SMARTS) is 1. The number of nitrogens with zero attached hydrogens (tertiary/aromatic N) is 1. The quantitative estimate of drug-likeness (QED) is 0.634. The van der Waals surface area contributed by atoms with Gasteiger partial charge in [0.2, 0.25) is 5.91 Å². The van der Waals surface area contributed by atoms with Crippen molar-refractivity contribution in [1.82, 2.24) is 4.90 Å². The first kappa shape index (κ1) is 14.9. The molecule has 16 heavy (non-hydrogen) atoms. The minimum atomic E-state index is -1.14. The molecule has 0 aromatic carbocycles. The van der Waals surface area contributed by atoms with Crippen molar-refractivity contribution in [2.24, 2.45) is 5.73 Å². The first-order valence-corrected chi connectivity index (χ1v) is 5.61. The van der Waals surface area contributed by atoms with Crippen molar-refractivity contribution in [3.05, 3.63) is 0 Å². The van der Waals surface area contributed by atoms with Crippen LogP contribution in [-0.2, 0) is 9.59 Å². The molecule has 5 heteroatoms. The van der Waals surface area contributed by atoms with Crippen LogP contribution < -0.4 is 5.73 Å². The second-order valence-corrected chi connectivity index (χ2v) is 4.25. The van der Waals surface area contributed by atoms with E-state index in [4.69, 9.17) is 10.8 Å². The summed E-state index contributed by atoms with van der Waals surface area (Å²) in [4.78, 5) is 24.3. The summed E-state index contributed by atoms with van der Waals surface area (Å²) in [6.45, 7) is 5.83. The Hall–Kier alpha value is -1.10. The van der Waals surface area contributed by atoms with Crippen molar-refractivity contribution in [3.63, 3.8) is 0 Å². The van der Waals surface area contributed by atoms with Crippen molar-refractivity contribution in [1.29, 1.82) is 0 Å². The lowest BCUT2D eigenvalue weighted by Crippen LogP contribution is -2.52. The third-order valence-corrected chi connectivity index (χ3v) is 2.66. The van der Waals surface area contributed by atoms with E-state index in [-0.39, 0.29) is 5.91 Å². The molecule has 0 aliphatic carbocycles. The number of likely N-dealkylation sites (N-methyl/N-ethyl adjacent to an activating group) is 1. The van der Waals surface area contributed by atoms with Crippen molar-refractivity contribution >= 4 is 11.9 Å². The molecular weight excluding hydrogens is 208 g/mol. The zero-order valence-electron chi connectivity index (χ0n) is 10.3. The second-order valence-electron chi connectivity index (χ2n) is 4.25. The molecule has 94 valence electrons. The molecule has 0 aromatic heterocycles. The topological polar surface area (TPSA) is 83.6 Å². The normalized spacial score (nSPS) is 11.2. The first-order chi connectivity index (χ1) is 7.37. The highest BCUT2D eigenvalue weighted by Crippen LogP contribution is 2.16. The van der Waals surface area contributed by atoms with Crippen LogP contribution in [0.3, 0.4) is 0 Å². The molecule has 0 spiro atoms. The zero-order valence-corrected chi connectivity index (χ0v) is 10.3. The van der Waals surface area contributed by atoms with E-state index in [1.54, 1.807) is 20.8 Å². The maximum atomic E-state index is 11.8. The number of carboxylic acids is 1. The van der Waals surface area contributed by atoms with Crippen LogP contribution >= 0.6 is 0 Å². The fourth-order valence-corrected chi connectivity index (χ4v) is 1.55. The van der Waals surface area contributed by atoms with E-state index < -0.39 is 11.5 Å². The fourth-order valence-electron chi connectivity index (χ4n) is 1.55. The van der Waals surface area contributed by atoms with Gasteiger partial charge in [0.1, 0.15) is 5.54 Å². The van der Waals surface area contributed by atoms with Gasteiger partial charge in [0.25, 0.3) is 0 Å². The molecule has 0 unspecified atom stereocenters. The largest absolute Gasteiger partial charge is 0.480 e. The van der Waals surface area contributed by atoms with Crippen LogP contribution in [-0.4, -0.2) is 40.5 Å². The monoisotopic (exact) mass is 230 g/mol. The molecule has 0 aliphatic heterocycles. The van der Waals surface area contributed by atoms with Gasteiger partial charge < -0.3 is 15.7 Å². The van der Waals surface area contributed by atoms with Crippen LogP contribution in [0.15, 0.2) is 0 Å². The third kappa shape index (κ3) is 3.81. The van der Waals surface area contributed by atoms with Crippen LogP contribution in [0.25, 0.3) is 0 Å². The molecule has 1 amide bonds. The molecule has 0 aliphatic rings. The fraction of sp³-hybridized carbons (Fsp3) is 0.818. The third-order valence-electron chi connectivity index (χ3n) is 2.66. The number of nitrogens with two attached hydrogens (primary N) is 1. The number of unbranched alkanes of at least 4 members (excludes halogenated alkanes) is 1. The molecule has 0 fully saturated rings. The molecule has 3 N–H and O–H groups in total. The maximum Gasteiger partial charge on any atom is 0.329 e. The number of hydrogen-bond acceptors (Lipinski definition) is 3. The van der Waals surface area contributed by atoms with Gasteiger partial charge in [0.15, 0.2) is 0 Å². The molecule has 0 saturated heterocycles. The molecule has 0 heterocycles. The maximum absolute atomic E-state index is 11.8. The summed E-state index contributed by atoms with van der Waals surface area (Å²) in [6.07, 6.45) is 1.86. The Morgan fingerprint density at radius 2 is 1.88 bits per heavy atom. The molecule has 0 radical (unpaired) electrons. The number of rotatable bonds is 7. The van der Waals surface area contributed by atoms with Crippen molar-refractivity contribution in [3.8, 4) is 0 Å². The van der Waals surface area contributed by atoms with Crippen LogP contribution in [0.1, 0.15) is 40.0 Å². The van der Waals surface area contributed by atoms with Gasteiger partial charge in [0.05, 0.1) is 0 Å². The predicted octanol–water partition coefficient (Wildman–Crippen LogP) is 0.827. The highest BCUT2D eigenvalue weighted by Gasteiger charge is 2.36. The number of carbonyl (C=O) groups excluding carboxylic acids is 1. The smallest absolute Gasteiger partial charge is 0.329 e. The van der Waals surface area contributed by atoms with E-state index in [0.717, 1.165) is 6.42 Å². The Kier molecular flexibility index (Phi) is 6.03.